The van der Waals surface area contributed by atoms with Gasteiger partial charge in [-0.1, -0.05) is 43.8 Å². The molecule has 3 amide bonds. The maximum atomic E-state index is 12.1. The number of benzene rings is 1. The zero-order chi connectivity index (χ0) is 16.1. The fourth-order valence-corrected chi connectivity index (χ4v) is 2.77. The van der Waals surface area contributed by atoms with Gasteiger partial charge in [-0.05, 0) is 28.5 Å². The average Bonchev–Trinajstić information content (AvgIpc) is 2.92. The van der Waals surface area contributed by atoms with Gasteiger partial charge in [-0.25, -0.2) is 4.79 Å². The lowest BCUT2D eigenvalue weighted by Crippen LogP contribution is -2.42. The normalized spacial score (nSPS) is 12.1. The van der Waals surface area contributed by atoms with E-state index in [-0.39, 0.29) is 5.92 Å². The highest BCUT2D eigenvalue weighted by molar-refractivity contribution is 8.00. The summed E-state index contributed by atoms with van der Waals surface area (Å²) in [6, 6.07) is 8.45. The van der Waals surface area contributed by atoms with Crippen molar-refractivity contribution in [3.63, 3.8) is 0 Å². The number of thioether (sulfide) groups is 1. The lowest BCUT2D eigenvalue weighted by molar-refractivity contribution is -0.120. The number of carbonyl (C=O) groups excluding carboxylic acids is 2. The lowest BCUT2D eigenvalue weighted by Gasteiger charge is -2.17. The molecule has 1 aromatic carbocycles. The second-order valence-electron chi connectivity index (χ2n) is 4.84. The molecule has 1 aromatic heterocycles. The summed E-state index contributed by atoms with van der Waals surface area (Å²) >= 11 is 1.18. The molecule has 3 N–H and O–H groups in total. The van der Waals surface area contributed by atoms with Crippen LogP contribution in [0.25, 0.3) is 5.69 Å². The van der Waals surface area contributed by atoms with Crippen molar-refractivity contribution >= 4 is 23.7 Å². The number of hydrogen-bond donors (Lipinski definition) is 2. The maximum absolute atomic E-state index is 12.1. The minimum Gasteiger partial charge on any atom is -0.351 e. The SMILES string of the molecule is CC(C)[C@H](Sc1nnnn1-c1ccccc1)C(=O)NC(N)=O. The quantitative estimate of drug-likeness (QED) is 0.793. The molecule has 22 heavy (non-hydrogen) atoms. The first kappa shape index (κ1) is 16.0. The van der Waals surface area contributed by atoms with Gasteiger partial charge in [0.25, 0.3) is 0 Å². The van der Waals surface area contributed by atoms with Crippen molar-refractivity contribution in [2.45, 2.75) is 24.3 Å². The zero-order valence-electron chi connectivity index (χ0n) is 12.1. The Morgan fingerprint density at radius 1 is 1.27 bits per heavy atom. The summed E-state index contributed by atoms with van der Waals surface area (Å²) in [5, 5.41) is 13.5. The Morgan fingerprint density at radius 2 is 1.95 bits per heavy atom. The van der Waals surface area contributed by atoms with Crippen LogP contribution in [-0.2, 0) is 4.79 Å². The Balaban J connectivity index is 2.23. The topological polar surface area (TPSA) is 116 Å². The molecule has 0 spiro atoms. The zero-order valence-corrected chi connectivity index (χ0v) is 12.9. The molecule has 2 aromatic rings. The number of nitrogens with zero attached hydrogens (tertiary/aromatic N) is 4. The highest BCUT2D eigenvalue weighted by Crippen LogP contribution is 2.27. The van der Waals surface area contributed by atoms with E-state index in [0.717, 1.165) is 5.69 Å². The first-order valence-corrected chi connectivity index (χ1v) is 7.47. The third kappa shape index (κ3) is 3.82. The molecule has 0 aliphatic heterocycles. The van der Waals surface area contributed by atoms with Crippen molar-refractivity contribution < 1.29 is 9.59 Å². The molecule has 0 bridgehead atoms. The lowest BCUT2D eigenvalue weighted by atomic mass is 10.1. The standard InChI is InChI=1S/C13H16N6O2S/c1-8(2)10(11(20)15-12(14)21)22-13-16-17-18-19(13)9-6-4-3-5-7-9/h3-8,10H,1-2H3,(H3,14,15,20,21)/t10-/m0/s1. The van der Waals surface area contributed by atoms with Crippen LogP contribution in [0.4, 0.5) is 4.79 Å². The van der Waals surface area contributed by atoms with Crippen molar-refractivity contribution in [1.82, 2.24) is 25.5 Å². The van der Waals surface area contributed by atoms with Gasteiger partial charge in [-0.15, -0.1) is 5.10 Å². The number of carbonyl (C=O) groups is 2. The number of para-hydroxylation sites is 1. The Kier molecular flexibility index (Phi) is 5.10. The third-order valence-corrected chi connectivity index (χ3v) is 4.26. The highest BCUT2D eigenvalue weighted by atomic mass is 32.2. The molecule has 0 saturated carbocycles. The summed E-state index contributed by atoms with van der Waals surface area (Å²) in [4.78, 5) is 22.9. The molecule has 9 heteroatoms. The smallest absolute Gasteiger partial charge is 0.318 e. The summed E-state index contributed by atoms with van der Waals surface area (Å²) < 4.78 is 1.54. The van der Waals surface area contributed by atoms with E-state index in [2.05, 4.69) is 20.8 Å². The van der Waals surface area contributed by atoms with Gasteiger partial charge in [0.1, 0.15) is 0 Å². The molecular formula is C13H16N6O2S. The van der Waals surface area contributed by atoms with E-state index in [1.54, 1.807) is 0 Å². The number of nitrogens with two attached hydrogens (primary N) is 1. The van der Waals surface area contributed by atoms with Gasteiger partial charge < -0.3 is 5.73 Å². The summed E-state index contributed by atoms with van der Waals surface area (Å²) in [7, 11) is 0. The van der Waals surface area contributed by atoms with Crippen molar-refractivity contribution in [2.75, 3.05) is 0 Å². The number of hydrogen-bond acceptors (Lipinski definition) is 6. The van der Waals surface area contributed by atoms with Gasteiger partial charge in [0.15, 0.2) is 0 Å². The number of imide groups is 1. The van der Waals surface area contributed by atoms with E-state index in [0.29, 0.717) is 5.16 Å². The van der Waals surface area contributed by atoms with Crippen LogP contribution in [0.2, 0.25) is 0 Å². The summed E-state index contributed by atoms with van der Waals surface area (Å²) in [6.07, 6.45) is 0. The van der Waals surface area contributed by atoms with Crippen molar-refractivity contribution in [3.05, 3.63) is 30.3 Å². The average molecular weight is 320 g/mol. The molecule has 8 nitrogen and oxygen atoms in total. The molecular weight excluding hydrogens is 304 g/mol. The molecule has 0 aliphatic carbocycles. The minimum atomic E-state index is -0.876. The van der Waals surface area contributed by atoms with Gasteiger partial charge in [-0.3, -0.25) is 10.1 Å². The Bertz CT molecular complexity index is 658. The molecule has 0 saturated heterocycles. The fraction of sp³-hybridized carbons (Fsp3) is 0.308. The number of amides is 3. The molecule has 1 heterocycles. The van der Waals surface area contributed by atoms with E-state index >= 15 is 0 Å². The summed E-state index contributed by atoms with van der Waals surface area (Å²) in [5.74, 6) is -0.500. The van der Waals surface area contributed by atoms with Crippen LogP contribution < -0.4 is 11.1 Å². The van der Waals surface area contributed by atoms with Gasteiger partial charge in [-0.2, -0.15) is 4.68 Å². The molecule has 116 valence electrons. The fourth-order valence-electron chi connectivity index (χ4n) is 1.78. The van der Waals surface area contributed by atoms with Crippen LogP contribution in [0.5, 0.6) is 0 Å². The van der Waals surface area contributed by atoms with Gasteiger partial charge >= 0.3 is 6.03 Å². The van der Waals surface area contributed by atoms with Crippen molar-refractivity contribution in [3.8, 4) is 5.69 Å². The third-order valence-electron chi connectivity index (χ3n) is 2.78. The predicted molar refractivity (Wildman–Crippen MR) is 81.4 cm³/mol. The number of primary amides is 1. The van der Waals surface area contributed by atoms with Gasteiger partial charge in [0, 0.05) is 0 Å². The highest BCUT2D eigenvalue weighted by Gasteiger charge is 2.27. The maximum Gasteiger partial charge on any atom is 0.318 e. The van der Waals surface area contributed by atoms with Crippen LogP contribution >= 0.6 is 11.8 Å². The molecule has 0 radical (unpaired) electrons. The van der Waals surface area contributed by atoms with Crippen LogP contribution in [-0.4, -0.2) is 37.4 Å². The minimum absolute atomic E-state index is 0.0368. The molecule has 0 unspecified atom stereocenters. The second-order valence-corrected chi connectivity index (χ2v) is 5.95. The number of nitrogens with one attached hydrogen (secondary N) is 1. The first-order chi connectivity index (χ1) is 10.5. The van der Waals surface area contributed by atoms with Gasteiger partial charge in [0.05, 0.1) is 10.9 Å². The van der Waals surface area contributed by atoms with Crippen molar-refractivity contribution in [2.24, 2.45) is 11.7 Å². The Hall–Kier alpha value is -2.42. The monoisotopic (exact) mass is 320 g/mol. The number of tetrazole rings is 1. The summed E-state index contributed by atoms with van der Waals surface area (Å²) in [5.41, 5.74) is 5.79. The van der Waals surface area contributed by atoms with E-state index in [9.17, 15) is 9.59 Å². The first-order valence-electron chi connectivity index (χ1n) is 6.59. The van der Waals surface area contributed by atoms with Crippen LogP contribution in [0.15, 0.2) is 35.5 Å². The van der Waals surface area contributed by atoms with E-state index in [1.807, 2.05) is 44.2 Å². The predicted octanol–water partition coefficient (Wildman–Crippen LogP) is 0.974. The van der Waals surface area contributed by atoms with Crippen LogP contribution in [0.3, 0.4) is 0 Å². The van der Waals surface area contributed by atoms with Gasteiger partial charge in [0.2, 0.25) is 11.1 Å². The molecule has 0 fully saturated rings. The summed E-state index contributed by atoms with van der Waals surface area (Å²) in [6.45, 7) is 3.74. The molecule has 0 aliphatic rings. The van der Waals surface area contributed by atoms with E-state index < -0.39 is 17.2 Å². The van der Waals surface area contributed by atoms with E-state index in [1.165, 1.54) is 16.4 Å². The van der Waals surface area contributed by atoms with E-state index in [4.69, 9.17) is 5.73 Å². The van der Waals surface area contributed by atoms with Crippen LogP contribution in [0, 0.1) is 5.92 Å². The number of urea groups is 1. The van der Waals surface area contributed by atoms with Crippen LogP contribution in [0.1, 0.15) is 13.8 Å². The molecule has 1 atom stereocenters. The largest absolute Gasteiger partial charge is 0.351 e. The number of aromatic nitrogens is 4. The molecule has 2 rings (SSSR count). The Morgan fingerprint density at radius 3 is 2.55 bits per heavy atom. The van der Waals surface area contributed by atoms with Crippen molar-refractivity contribution in [1.29, 1.82) is 0 Å². The second kappa shape index (κ2) is 7.03. The Labute approximate surface area is 131 Å². The number of rotatable bonds is 5.